The molecule has 0 aliphatic heterocycles. The minimum absolute atomic E-state index is 0.963. The number of rotatable bonds is 10. The van der Waals surface area contributed by atoms with E-state index in [9.17, 15) is 0 Å². The van der Waals surface area contributed by atoms with Crippen molar-refractivity contribution in [1.29, 1.82) is 0 Å². The lowest BCUT2D eigenvalue weighted by molar-refractivity contribution is 0.480. The van der Waals surface area contributed by atoms with Crippen LogP contribution in [0.5, 0.6) is 0 Å². The zero-order valence-corrected chi connectivity index (χ0v) is 22.5. The van der Waals surface area contributed by atoms with E-state index in [0.29, 0.717) is 0 Å². The fraction of sp³-hybridized carbons (Fsp3) is 0.600. The first-order valence-electron chi connectivity index (χ1n) is 12.8. The lowest BCUT2D eigenvalue weighted by Crippen LogP contribution is -1.91. The maximum atomic E-state index is 4.28. The topological polar surface area (TPSA) is 0 Å². The van der Waals surface area contributed by atoms with E-state index in [2.05, 4.69) is 97.5 Å². The Kier molecular flexibility index (Phi) is 18.7. The maximum absolute atomic E-state index is 4.28. The fourth-order valence-electron chi connectivity index (χ4n) is 3.85. The van der Waals surface area contributed by atoms with Crippen LogP contribution in [0.3, 0.4) is 0 Å². The van der Waals surface area contributed by atoms with E-state index in [4.69, 9.17) is 0 Å². The maximum Gasteiger partial charge on any atom is 0.00404 e. The van der Waals surface area contributed by atoms with Crippen LogP contribution in [0.15, 0.2) is 53.4 Å². The molecule has 0 radical (unpaired) electrons. The summed E-state index contributed by atoms with van der Waals surface area (Å²) < 4.78 is 0. The van der Waals surface area contributed by atoms with Crippen LogP contribution in [0.25, 0.3) is 11.1 Å². The van der Waals surface area contributed by atoms with Gasteiger partial charge in [-0.1, -0.05) is 136 Å². The third-order valence-electron chi connectivity index (χ3n) is 5.69. The summed E-state index contributed by atoms with van der Waals surface area (Å²) in [4.78, 5) is 1.00. The minimum atomic E-state index is 0.963. The van der Waals surface area contributed by atoms with Gasteiger partial charge in [-0.15, -0.1) is 12.6 Å². The molecule has 1 heteroatoms. The predicted molar refractivity (Wildman–Crippen MR) is 146 cm³/mol. The summed E-state index contributed by atoms with van der Waals surface area (Å²) in [5.74, 6) is 1.93. The fourth-order valence-corrected chi connectivity index (χ4v) is 4.00. The summed E-state index contributed by atoms with van der Waals surface area (Å²) >= 11 is 4.28. The van der Waals surface area contributed by atoms with Gasteiger partial charge in [0.25, 0.3) is 0 Å². The first-order valence-corrected chi connectivity index (χ1v) is 13.2. The quantitative estimate of drug-likeness (QED) is 0.347. The highest BCUT2D eigenvalue weighted by Gasteiger charge is 1.97. The van der Waals surface area contributed by atoms with Crippen molar-refractivity contribution in [3.05, 3.63) is 54.1 Å². The molecule has 2 aromatic rings. The SMILES string of the molecule is CCCC(C)CCC.CCCC(C)CCC.CCc1ccc(-c2ccc(S)cc2)cc1. The van der Waals surface area contributed by atoms with Gasteiger partial charge in [-0.3, -0.25) is 0 Å². The molecule has 2 rings (SSSR count). The normalized spacial score (nSPS) is 10.4. The second-order valence-electron chi connectivity index (χ2n) is 8.96. The van der Waals surface area contributed by atoms with E-state index in [1.165, 1.54) is 68.1 Å². The Morgan fingerprint density at radius 3 is 1.16 bits per heavy atom. The zero-order chi connectivity index (χ0) is 23.5. The van der Waals surface area contributed by atoms with Gasteiger partial charge in [-0.05, 0) is 47.1 Å². The van der Waals surface area contributed by atoms with Gasteiger partial charge >= 0.3 is 0 Å². The minimum Gasteiger partial charge on any atom is -0.143 e. The van der Waals surface area contributed by atoms with Gasteiger partial charge in [0.15, 0.2) is 0 Å². The third kappa shape index (κ3) is 15.3. The first-order chi connectivity index (χ1) is 14.9. The molecule has 0 atom stereocenters. The lowest BCUT2D eigenvalue weighted by atomic mass is 10.0. The Labute approximate surface area is 200 Å². The summed E-state index contributed by atoms with van der Waals surface area (Å²) in [5, 5.41) is 0. The molecule has 0 aliphatic carbocycles. The van der Waals surface area contributed by atoms with E-state index >= 15 is 0 Å². The van der Waals surface area contributed by atoms with Crippen LogP contribution in [0.4, 0.5) is 0 Å². The highest BCUT2D eigenvalue weighted by Crippen LogP contribution is 2.21. The average molecular weight is 443 g/mol. The monoisotopic (exact) mass is 442 g/mol. The number of hydrogen-bond donors (Lipinski definition) is 1. The van der Waals surface area contributed by atoms with Crippen LogP contribution >= 0.6 is 12.6 Å². The van der Waals surface area contributed by atoms with Crippen LogP contribution < -0.4 is 0 Å². The highest BCUT2D eigenvalue weighted by molar-refractivity contribution is 7.80. The van der Waals surface area contributed by atoms with Crippen molar-refractivity contribution < 1.29 is 0 Å². The molecule has 0 saturated heterocycles. The molecule has 0 unspecified atom stereocenters. The van der Waals surface area contributed by atoms with E-state index in [0.717, 1.165) is 23.2 Å². The second kappa shape index (κ2) is 19.5. The first kappa shape index (κ1) is 29.8. The van der Waals surface area contributed by atoms with Crippen LogP contribution in [0.1, 0.15) is 105 Å². The van der Waals surface area contributed by atoms with Crippen LogP contribution in [-0.4, -0.2) is 0 Å². The van der Waals surface area contributed by atoms with Crippen LogP contribution in [-0.2, 0) is 6.42 Å². The number of hydrogen-bond acceptors (Lipinski definition) is 1. The molecule has 0 saturated carbocycles. The van der Waals surface area contributed by atoms with Crippen molar-refractivity contribution >= 4 is 12.6 Å². The Balaban J connectivity index is 0.000000483. The molecule has 0 bridgehead atoms. The number of thiol groups is 1. The molecule has 176 valence electrons. The summed E-state index contributed by atoms with van der Waals surface area (Å²) in [5.41, 5.74) is 3.89. The van der Waals surface area contributed by atoms with Crippen molar-refractivity contribution in [3.63, 3.8) is 0 Å². The molecular weight excluding hydrogens is 392 g/mol. The van der Waals surface area contributed by atoms with E-state index in [1.54, 1.807) is 0 Å². The van der Waals surface area contributed by atoms with E-state index in [1.807, 2.05) is 12.1 Å². The molecule has 31 heavy (non-hydrogen) atoms. The van der Waals surface area contributed by atoms with Gasteiger partial charge in [0, 0.05) is 4.90 Å². The molecule has 2 aromatic carbocycles. The van der Waals surface area contributed by atoms with Gasteiger partial charge < -0.3 is 0 Å². The van der Waals surface area contributed by atoms with Crippen molar-refractivity contribution in [2.24, 2.45) is 11.8 Å². The zero-order valence-electron chi connectivity index (χ0n) is 21.6. The summed E-state index contributed by atoms with van der Waals surface area (Å²) in [6.07, 6.45) is 12.1. The van der Waals surface area contributed by atoms with Crippen molar-refractivity contribution in [2.75, 3.05) is 0 Å². The van der Waals surface area contributed by atoms with Crippen LogP contribution in [0, 0.1) is 11.8 Å². The largest absolute Gasteiger partial charge is 0.143 e. The van der Waals surface area contributed by atoms with Crippen molar-refractivity contribution in [3.8, 4) is 11.1 Å². The third-order valence-corrected chi connectivity index (χ3v) is 5.99. The van der Waals surface area contributed by atoms with Crippen LogP contribution in [0.2, 0.25) is 0 Å². The Morgan fingerprint density at radius 1 is 0.548 bits per heavy atom. The number of aryl methyl sites for hydroxylation is 1. The van der Waals surface area contributed by atoms with Gasteiger partial charge in [0.1, 0.15) is 0 Å². The lowest BCUT2D eigenvalue weighted by Gasteiger charge is -2.05. The van der Waals surface area contributed by atoms with Gasteiger partial charge in [0.2, 0.25) is 0 Å². The van der Waals surface area contributed by atoms with E-state index in [-0.39, 0.29) is 0 Å². The van der Waals surface area contributed by atoms with Gasteiger partial charge in [-0.25, -0.2) is 0 Å². The summed E-state index contributed by atoms with van der Waals surface area (Å²) in [6.45, 7) is 15.9. The predicted octanol–water partition coefficient (Wildman–Crippen LogP) is 10.7. The summed E-state index contributed by atoms with van der Waals surface area (Å²) in [6, 6.07) is 17.0. The van der Waals surface area contributed by atoms with Crippen molar-refractivity contribution in [1.82, 2.24) is 0 Å². The second-order valence-corrected chi connectivity index (χ2v) is 9.48. The molecule has 0 spiro atoms. The smallest absolute Gasteiger partial charge is 0.00404 e. The Bertz CT molecular complexity index is 600. The standard InChI is InChI=1S/C14H14S.2C8H18/c1-2-11-3-5-12(6-4-11)13-7-9-14(15)10-8-13;2*1-4-6-8(3)7-5-2/h3-10,15H,2H2,1H3;2*8H,4-7H2,1-3H3. The molecular formula is C30H50S. The molecule has 0 amide bonds. The van der Waals surface area contributed by atoms with E-state index < -0.39 is 0 Å². The molecule has 0 N–H and O–H groups in total. The summed E-state index contributed by atoms with van der Waals surface area (Å²) in [7, 11) is 0. The molecule has 0 nitrogen and oxygen atoms in total. The molecule has 0 heterocycles. The molecule has 0 aliphatic rings. The highest BCUT2D eigenvalue weighted by atomic mass is 32.1. The average Bonchev–Trinajstić information content (AvgIpc) is 2.76. The Morgan fingerprint density at radius 2 is 0.871 bits per heavy atom. The van der Waals surface area contributed by atoms with Gasteiger partial charge in [0.05, 0.1) is 0 Å². The molecule has 0 fully saturated rings. The molecule has 0 aromatic heterocycles. The number of benzene rings is 2. The Hall–Kier alpha value is -1.21. The van der Waals surface area contributed by atoms with Crippen molar-refractivity contribution in [2.45, 2.75) is 111 Å². The van der Waals surface area contributed by atoms with Gasteiger partial charge in [-0.2, -0.15) is 0 Å².